The van der Waals surface area contributed by atoms with Gasteiger partial charge < -0.3 is 0 Å². The third kappa shape index (κ3) is 4.53. The number of alkyl halides is 9. The fourth-order valence-corrected chi connectivity index (χ4v) is 2.92. The van der Waals surface area contributed by atoms with Crippen LogP contribution in [0.4, 0.5) is 50.9 Å². The van der Waals surface area contributed by atoms with Gasteiger partial charge >= 0.3 is 29.9 Å². The lowest BCUT2D eigenvalue weighted by Gasteiger charge is -2.18. The van der Waals surface area contributed by atoms with Gasteiger partial charge in [-0.15, -0.1) is 0 Å². The first-order valence-electron chi connectivity index (χ1n) is 8.42. The summed E-state index contributed by atoms with van der Waals surface area (Å²) >= 11 is 0. The molecule has 17 heteroatoms. The van der Waals surface area contributed by atoms with Crippen molar-refractivity contribution in [1.82, 2.24) is 9.97 Å². The summed E-state index contributed by atoms with van der Waals surface area (Å²) < 4.78 is 120. The molecule has 1 aromatic heterocycles. The van der Waals surface area contributed by atoms with Crippen molar-refractivity contribution in [2.45, 2.75) is 18.5 Å². The number of fused-ring (bicyclic) bond motifs is 1. The van der Waals surface area contributed by atoms with Gasteiger partial charge in [0.1, 0.15) is 5.69 Å². The van der Waals surface area contributed by atoms with Gasteiger partial charge in [-0.3, -0.25) is 20.2 Å². The van der Waals surface area contributed by atoms with Crippen LogP contribution in [0.25, 0.3) is 22.3 Å². The Hall–Kier alpha value is -4.05. The first-order chi connectivity index (χ1) is 15.4. The van der Waals surface area contributed by atoms with E-state index >= 15 is 0 Å². The molecule has 0 unspecified atom stereocenters. The molecule has 0 N–H and O–H groups in total. The standard InChI is InChI=1S/C17H5F9N4O4/c18-15(19,20)6-1-2-7(8(3-6)16(21,22)23)13-14(17(24,25)26)28-10-5-12(30(33)34)11(29(31)32)4-9(10)27-13/h1-5H. The highest BCUT2D eigenvalue weighted by atomic mass is 19.4. The maximum Gasteiger partial charge on any atom is 0.435 e. The zero-order valence-electron chi connectivity index (χ0n) is 15.7. The van der Waals surface area contributed by atoms with E-state index in [1.807, 2.05) is 0 Å². The molecule has 0 fully saturated rings. The summed E-state index contributed by atoms with van der Waals surface area (Å²) in [6.07, 6.45) is -16.4. The lowest BCUT2D eigenvalue weighted by molar-refractivity contribution is -0.422. The van der Waals surface area contributed by atoms with E-state index in [-0.39, 0.29) is 18.2 Å². The quantitative estimate of drug-likeness (QED) is 0.242. The molecule has 0 aliphatic rings. The molecule has 3 rings (SSSR count). The van der Waals surface area contributed by atoms with Crippen LogP contribution < -0.4 is 0 Å². The van der Waals surface area contributed by atoms with Gasteiger partial charge in [-0.1, -0.05) is 6.07 Å². The summed E-state index contributed by atoms with van der Waals surface area (Å²) in [6.45, 7) is 0. The molecule has 0 aliphatic carbocycles. The zero-order chi connectivity index (χ0) is 25.8. The molecule has 34 heavy (non-hydrogen) atoms. The van der Waals surface area contributed by atoms with Crippen molar-refractivity contribution in [3.63, 3.8) is 0 Å². The number of nitro groups is 2. The van der Waals surface area contributed by atoms with Gasteiger partial charge in [-0.05, 0) is 12.1 Å². The monoisotopic (exact) mass is 500 g/mol. The van der Waals surface area contributed by atoms with Crippen molar-refractivity contribution in [3.05, 3.63) is 67.4 Å². The van der Waals surface area contributed by atoms with Crippen LogP contribution in [-0.4, -0.2) is 19.8 Å². The van der Waals surface area contributed by atoms with Crippen LogP contribution in [0.15, 0.2) is 30.3 Å². The molecule has 8 nitrogen and oxygen atoms in total. The normalized spacial score (nSPS) is 12.7. The van der Waals surface area contributed by atoms with E-state index in [2.05, 4.69) is 9.97 Å². The van der Waals surface area contributed by atoms with E-state index < -0.39 is 84.9 Å². The number of halogens is 9. The Morgan fingerprint density at radius 2 is 1.18 bits per heavy atom. The average Bonchev–Trinajstić information content (AvgIpc) is 2.69. The number of nitro benzene ring substituents is 2. The Kier molecular flexibility index (Phi) is 5.62. The molecule has 0 aliphatic heterocycles. The molecule has 0 saturated heterocycles. The van der Waals surface area contributed by atoms with Crippen LogP contribution >= 0.6 is 0 Å². The Labute approximate surface area is 180 Å². The molecule has 0 radical (unpaired) electrons. The van der Waals surface area contributed by atoms with Crippen molar-refractivity contribution in [1.29, 1.82) is 0 Å². The van der Waals surface area contributed by atoms with Crippen molar-refractivity contribution in [2.75, 3.05) is 0 Å². The van der Waals surface area contributed by atoms with Gasteiger partial charge in [0, 0.05) is 5.56 Å². The predicted octanol–water partition coefficient (Wildman–Crippen LogP) is 6.17. The van der Waals surface area contributed by atoms with E-state index in [4.69, 9.17) is 0 Å². The van der Waals surface area contributed by atoms with Crippen LogP contribution in [0, 0.1) is 20.2 Å². The van der Waals surface area contributed by atoms with Gasteiger partial charge in [-0.25, -0.2) is 9.97 Å². The van der Waals surface area contributed by atoms with Gasteiger partial charge in [0.25, 0.3) is 0 Å². The smallest absolute Gasteiger partial charge is 0.258 e. The van der Waals surface area contributed by atoms with Gasteiger partial charge in [0.05, 0.1) is 44.1 Å². The number of benzene rings is 2. The van der Waals surface area contributed by atoms with Crippen molar-refractivity contribution in [3.8, 4) is 11.3 Å². The molecule has 0 bridgehead atoms. The van der Waals surface area contributed by atoms with Gasteiger partial charge in [-0.2, -0.15) is 39.5 Å². The minimum atomic E-state index is -5.57. The molecule has 0 amide bonds. The van der Waals surface area contributed by atoms with Crippen LogP contribution in [0.3, 0.4) is 0 Å². The van der Waals surface area contributed by atoms with E-state index in [0.717, 1.165) is 0 Å². The summed E-state index contributed by atoms with van der Waals surface area (Å²) in [7, 11) is 0. The number of aromatic nitrogens is 2. The minimum Gasteiger partial charge on any atom is -0.258 e. The first kappa shape index (κ1) is 24.6. The van der Waals surface area contributed by atoms with Gasteiger partial charge in [0.2, 0.25) is 0 Å². The summed E-state index contributed by atoms with van der Waals surface area (Å²) in [5.41, 5.74) is -13.3. The lowest BCUT2D eigenvalue weighted by Crippen LogP contribution is -2.16. The average molecular weight is 500 g/mol. The van der Waals surface area contributed by atoms with Crippen LogP contribution in [-0.2, 0) is 18.5 Å². The first-order valence-corrected chi connectivity index (χ1v) is 8.42. The van der Waals surface area contributed by atoms with Gasteiger partial charge in [0.15, 0.2) is 5.69 Å². The van der Waals surface area contributed by atoms with Crippen molar-refractivity contribution < 1.29 is 49.4 Å². The number of hydrogen-bond donors (Lipinski definition) is 0. The molecule has 0 spiro atoms. The SMILES string of the molecule is O=[N+]([O-])c1cc2nc(-c3ccc(C(F)(F)F)cc3C(F)(F)F)c(C(F)(F)F)nc2cc1[N+](=O)[O-]. The highest BCUT2D eigenvalue weighted by molar-refractivity contribution is 5.85. The molecule has 0 saturated carbocycles. The maximum absolute atomic E-state index is 13.6. The Bertz CT molecular complexity index is 1330. The van der Waals surface area contributed by atoms with E-state index in [0.29, 0.717) is 6.07 Å². The molecule has 0 atom stereocenters. The third-order valence-corrected chi connectivity index (χ3v) is 4.33. The Morgan fingerprint density at radius 3 is 1.59 bits per heavy atom. The lowest BCUT2D eigenvalue weighted by atomic mass is 9.98. The fraction of sp³-hybridized carbons (Fsp3) is 0.176. The topological polar surface area (TPSA) is 112 Å². The van der Waals surface area contributed by atoms with Crippen molar-refractivity contribution in [2.24, 2.45) is 0 Å². The summed E-state index contributed by atoms with van der Waals surface area (Å²) in [4.78, 5) is 25.9. The number of nitrogens with zero attached hydrogens (tertiary/aromatic N) is 4. The molecule has 1 heterocycles. The Balaban J connectivity index is 2.46. The predicted molar refractivity (Wildman–Crippen MR) is 93.3 cm³/mol. The highest BCUT2D eigenvalue weighted by Gasteiger charge is 2.43. The van der Waals surface area contributed by atoms with Crippen LogP contribution in [0.1, 0.15) is 16.8 Å². The summed E-state index contributed by atoms with van der Waals surface area (Å²) in [5, 5.41) is 22.1. The van der Waals surface area contributed by atoms with Crippen LogP contribution in [0.2, 0.25) is 0 Å². The molecular formula is C17H5F9N4O4. The number of rotatable bonds is 3. The second-order valence-electron chi connectivity index (χ2n) is 6.52. The fourth-order valence-electron chi connectivity index (χ4n) is 2.92. The largest absolute Gasteiger partial charge is 0.435 e. The van der Waals surface area contributed by atoms with Crippen LogP contribution in [0.5, 0.6) is 0 Å². The van der Waals surface area contributed by atoms with E-state index in [9.17, 15) is 59.7 Å². The number of hydrogen-bond acceptors (Lipinski definition) is 6. The van der Waals surface area contributed by atoms with E-state index in [1.165, 1.54) is 0 Å². The van der Waals surface area contributed by atoms with Crippen molar-refractivity contribution >= 4 is 22.4 Å². The third-order valence-electron chi connectivity index (χ3n) is 4.33. The minimum absolute atomic E-state index is 0.0922. The maximum atomic E-state index is 13.6. The Morgan fingerprint density at radius 1 is 0.676 bits per heavy atom. The highest BCUT2D eigenvalue weighted by Crippen LogP contribution is 2.44. The molecule has 3 aromatic rings. The molecule has 180 valence electrons. The zero-order valence-corrected chi connectivity index (χ0v) is 15.7. The van der Waals surface area contributed by atoms with E-state index in [1.54, 1.807) is 0 Å². The second kappa shape index (κ2) is 7.77. The summed E-state index contributed by atoms with van der Waals surface area (Å²) in [5.74, 6) is 0. The summed E-state index contributed by atoms with van der Waals surface area (Å²) in [6, 6.07) is 0.378. The molecular weight excluding hydrogens is 495 g/mol. The second-order valence-corrected chi connectivity index (χ2v) is 6.52. The molecule has 2 aromatic carbocycles.